The summed E-state index contributed by atoms with van der Waals surface area (Å²) in [5, 5.41) is 2.81. The second-order valence-electron chi connectivity index (χ2n) is 5.32. The van der Waals surface area contributed by atoms with Crippen molar-refractivity contribution in [3.8, 4) is 0 Å². The van der Waals surface area contributed by atoms with Gasteiger partial charge in [-0.1, -0.05) is 18.7 Å². The zero-order valence-corrected chi connectivity index (χ0v) is 12.6. The second kappa shape index (κ2) is 6.23. The third kappa shape index (κ3) is 6.40. The molecule has 8 heteroatoms. The number of rotatable bonds is 6. The van der Waals surface area contributed by atoms with Crippen molar-refractivity contribution in [1.82, 2.24) is 5.32 Å². The molecular weight excluding hydrogens is 290 g/mol. The fourth-order valence-corrected chi connectivity index (χ4v) is 4.00. The van der Waals surface area contributed by atoms with Crippen LogP contribution in [0.2, 0.25) is 0 Å². The average Bonchev–Trinajstić information content (AvgIpc) is 2.53. The van der Waals surface area contributed by atoms with Gasteiger partial charge in [0.15, 0.2) is 5.12 Å². The summed E-state index contributed by atoms with van der Waals surface area (Å²) in [5.41, 5.74) is -0.228. The van der Waals surface area contributed by atoms with Crippen molar-refractivity contribution in [2.24, 2.45) is 5.41 Å². The summed E-state index contributed by atoms with van der Waals surface area (Å²) in [6.45, 7) is 3.31. The first-order chi connectivity index (χ1) is 8.60. The van der Waals surface area contributed by atoms with E-state index >= 15 is 0 Å². The standard InChI is InChI=1S/C11H19NO5S2/c1-8(13)12-9(3-4-19(15,16)17)5-11(2)6-10(14)18-7-11/h9H,3-7H2,1-2H3,(H,12,13)(H,15,16,17). The summed E-state index contributed by atoms with van der Waals surface area (Å²) in [7, 11) is -4.04. The fourth-order valence-electron chi connectivity index (χ4n) is 2.24. The highest BCUT2D eigenvalue weighted by Crippen LogP contribution is 2.40. The van der Waals surface area contributed by atoms with Crippen molar-refractivity contribution in [2.45, 2.75) is 39.2 Å². The lowest BCUT2D eigenvalue weighted by molar-refractivity contribution is -0.119. The van der Waals surface area contributed by atoms with E-state index in [0.29, 0.717) is 18.6 Å². The van der Waals surface area contributed by atoms with Crippen molar-refractivity contribution in [3.05, 3.63) is 0 Å². The van der Waals surface area contributed by atoms with Gasteiger partial charge in [0, 0.05) is 25.1 Å². The van der Waals surface area contributed by atoms with Gasteiger partial charge in [0.2, 0.25) is 5.91 Å². The van der Waals surface area contributed by atoms with Gasteiger partial charge in [-0.3, -0.25) is 14.1 Å². The van der Waals surface area contributed by atoms with Gasteiger partial charge < -0.3 is 5.32 Å². The molecule has 6 nitrogen and oxygen atoms in total. The second-order valence-corrected chi connectivity index (χ2v) is 7.93. The normalized spacial score (nSPS) is 25.3. The maximum atomic E-state index is 11.3. The van der Waals surface area contributed by atoms with Gasteiger partial charge >= 0.3 is 0 Å². The molecule has 1 aliphatic heterocycles. The van der Waals surface area contributed by atoms with E-state index in [-0.39, 0.29) is 28.9 Å². The van der Waals surface area contributed by atoms with E-state index in [1.165, 1.54) is 18.7 Å². The summed E-state index contributed by atoms with van der Waals surface area (Å²) in [6, 6.07) is -0.351. The molecule has 19 heavy (non-hydrogen) atoms. The number of nitrogens with one attached hydrogen (secondary N) is 1. The van der Waals surface area contributed by atoms with E-state index in [4.69, 9.17) is 4.55 Å². The molecule has 0 bridgehead atoms. The molecule has 2 atom stereocenters. The molecule has 1 fully saturated rings. The SMILES string of the molecule is CC(=O)NC(CCS(=O)(=O)O)CC1(C)CSC(=O)C1. The number of hydrogen-bond acceptors (Lipinski definition) is 5. The third-order valence-electron chi connectivity index (χ3n) is 3.02. The Morgan fingerprint density at radius 1 is 1.58 bits per heavy atom. The van der Waals surface area contributed by atoms with E-state index in [1.807, 2.05) is 6.92 Å². The lowest BCUT2D eigenvalue weighted by Gasteiger charge is -2.28. The van der Waals surface area contributed by atoms with Crippen LogP contribution < -0.4 is 5.32 Å². The fraction of sp³-hybridized carbons (Fsp3) is 0.818. The third-order valence-corrected chi connectivity index (χ3v) is 5.08. The molecule has 2 N–H and O–H groups in total. The van der Waals surface area contributed by atoms with Crippen molar-refractivity contribution in [1.29, 1.82) is 0 Å². The highest BCUT2D eigenvalue weighted by molar-refractivity contribution is 8.14. The Balaban J connectivity index is 2.63. The maximum absolute atomic E-state index is 11.3. The number of carbonyl (C=O) groups excluding carboxylic acids is 2. The summed E-state index contributed by atoms with van der Waals surface area (Å²) in [5.74, 6) is 0.0315. The van der Waals surface area contributed by atoms with Crippen molar-refractivity contribution < 1.29 is 22.6 Å². The van der Waals surface area contributed by atoms with Gasteiger partial charge in [-0.25, -0.2) is 0 Å². The van der Waals surface area contributed by atoms with Crippen LogP contribution in [-0.4, -0.2) is 41.5 Å². The molecule has 1 aliphatic rings. The van der Waals surface area contributed by atoms with Crippen LogP contribution >= 0.6 is 11.8 Å². The Morgan fingerprint density at radius 2 is 2.21 bits per heavy atom. The van der Waals surface area contributed by atoms with Crippen LogP contribution in [0.4, 0.5) is 0 Å². The molecule has 0 aliphatic carbocycles. The monoisotopic (exact) mass is 309 g/mol. The highest BCUT2D eigenvalue weighted by atomic mass is 32.2. The molecule has 1 rings (SSSR count). The minimum atomic E-state index is -4.04. The Hall–Kier alpha value is -0.600. The topological polar surface area (TPSA) is 101 Å². The predicted molar refractivity (Wildman–Crippen MR) is 73.4 cm³/mol. The first-order valence-electron chi connectivity index (χ1n) is 5.98. The van der Waals surface area contributed by atoms with Crippen LogP contribution in [0, 0.1) is 5.41 Å². The molecule has 0 aromatic carbocycles. The highest BCUT2D eigenvalue weighted by Gasteiger charge is 2.37. The number of thioether (sulfide) groups is 1. The largest absolute Gasteiger partial charge is 0.354 e. The Kier molecular flexibility index (Phi) is 5.40. The number of hydrogen-bond donors (Lipinski definition) is 2. The summed E-state index contributed by atoms with van der Waals surface area (Å²) in [6.07, 6.45) is 1.10. The molecular formula is C11H19NO5S2. The van der Waals surface area contributed by atoms with Gasteiger partial charge in [-0.05, 0) is 18.3 Å². The summed E-state index contributed by atoms with van der Waals surface area (Å²) < 4.78 is 30.3. The first kappa shape index (κ1) is 16.5. The zero-order chi connectivity index (χ0) is 14.7. The Labute approximate surface area is 117 Å². The smallest absolute Gasteiger partial charge is 0.264 e. The van der Waals surface area contributed by atoms with Crippen molar-refractivity contribution in [3.63, 3.8) is 0 Å². The first-order valence-corrected chi connectivity index (χ1v) is 8.57. The van der Waals surface area contributed by atoms with Gasteiger partial charge in [0.1, 0.15) is 0 Å². The minimum absolute atomic E-state index is 0.124. The molecule has 0 radical (unpaired) electrons. The Morgan fingerprint density at radius 3 is 2.63 bits per heavy atom. The molecule has 0 saturated carbocycles. The summed E-state index contributed by atoms with van der Waals surface area (Å²) in [4.78, 5) is 22.4. The molecule has 1 heterocycles. The van der Waals surface area contributed by atoms with E-state index in [0.717, 1.165) is 0 Å². The predicted octanol–water partition coefficient (Wildman–Crippen LogP) is 0.829. The van der Waals surface area contributed by atoms with Gasteiger partial charge in [0.05, 0.1) is 5.75 Å². The summed E-state index contributed by atoms with van der Waals surface area (Å²) >= 11 is 1.27. The van der Waals surface area contributed by atoms with E-state index < -0.39 is 15.9 Å². The van der Waals surface area contributed by atoms with Crippen LogP contribution in [0.1, 0.15) is 33.1 Å². The van der Waals surface area contributed by atoms with E-state index in [9.17, 15) is 18.0 Å². The van der Waals surface area contributed by atoms with Crippen LogP contribution in [0.3, 0.4) is 0 Å². The molecule has 0 aromatic heterocycles. The van der Waals surface area contributed by atoms with E-state index in [1.54, 1.807) is 0 Å². The van der Waals surface area contributed by atoms with Crippen LogP contribution in [0.25, 0.3) is 0 Å². The average molecular weight is 309 g/mol. The lowest BCUT2D eigenvalue weighted by atomic mass is 9.82. The van der Waals surface area contributed by atoms with Gasteiger partial charge in [0.25, 0.3) is 10.1 Å². The molecule has 0 spiro atoms. The zero-order valence-electron chi connectivity index (χ0n) is 11.0. The molecule has 0 aromatic rings. The van der Waals surface area contributed by atoms with Crippen LogP contribution in [-0.2, 0) is 19.7 Å². The number of carbonyl (C=O) groups is 2. The lowest BCUT2D eigenvalue weighted by Crippen LogP contribution is -2.39. The maximum Gasteiger partial charge on any atom is 0.264 e. The van der Waals surface area contributed by atoms with Crippen molar-refractivity contribution >= 4 is 32.9 Å². The molecule has 2 unspecified atom stereocenters. The van der Waals surface area contributed by atoms with Crippen LogP contribution in [0.15, 0.2) is 0 Å². The van der Waals surface area contributed by atoms with Gasteiger partial charge in [-0.2, -0.15) is 8.42 Å². The Bertz CT molecular complexity index is 462. The van der Waals surface area contributed by atoms with E-state index in [2.05, 4.69) is 5.32 Å². The molecule has 110 valence electrons. The quantitative estimate of drug-likeness (QED) is 0.705. The number of amides is 1. The van der Waals surface area contributed by atoms with Crippen molar-refractivity contribution in [2.75, 3.05) is 11.5 Å². The molecule has 1 amide bonds. The van der Waals surface area contributed by atoms with Gasteiger partial charge in [-0.15, -0.1) is 0 Å². The van der Waals surface area contributed by atoms with Crippen LogP contribution in [0.5, 0.6) is 0 Å². The minimum Gasteiger partial charge on any atom is -0.354 e. The molecule has 1 saturated heterocycles.